The number of ketones is 1. The van der Waals surface area contributed by atoms with Gasteiger partial charge in [0.2, 0.25) is 0 Å². The molecule has 96 valence electrons. The van der Waals surface area contributed by atoms with E-state index in [2.05, 4.69) is 4.98 Å². The quantitative estimate of drug-likeness (QED) is 0.902. The Morgan fingerprint density at radius 1 is 1.33 bits per heavy atom. The fraction of sp³-hybridized carbons (Fsp3) is 0.333. The zero-order valence-electron chi connectivity index (χ0n) is 11.1. The summed E-state index contributed by atoms with van der Waals surface area (Å²) in [5.74, 6) is -0.0150. The third-order valence-electron chi connectivity index (χ3n) is 2.49. The van der Waals surface area contributed by atoms with Gasteiger partial charge in [0.15, 0.2) is 0 Å². The number of fused-ring (bicyclic) bond motifs is 1. The molecule has 1 atom stereocenters. The molecular weight excluding hydrogens is 226 g/mol. The molecule has 0 radical (unpaired) electrons. The second-order valence-electron chi connectivity index (χ2n) is 3.88. The van der Waals surface area contributed by atoms with E-state index in [-0.39, 0.29) is 12.2 Å². The summed E-state index contributed by atoms with van der Waals surface area (Å²) in [7, 11) is 0. The van der Waals surface area contributed by atoms with E-state index in [9.17, 15) is 9.90 Å². The molecule has 18 heavy (non-hydrogen) atoms. The summed E-state index contributed by atoms with van der Waals surface area (Å²) >= 11 is 0. The van der Waals surface area contributed by atoms with Gasteiger partial charge < -0.3 is 5.11 Å². The summed E-state index contributed by atoms with van der Waals surface area (Å²) < 4.78 is 0. The van der Waals surface area contributed by atoms with E-state index in [1.165, 1.54) is 6.92 Å². The average Bonchev–Trinajstić information content (AvgIpc) is 2.39. The molecule has 0 aliphatic heterocycles. The van der Waals surface area contributed by atoms with Gasteiger partial charge in [-0.05, 0) is 30.7 Å². The minimum Gasteiger partial charge on any atom is -0.388 e. The maximum atomic E-state index is 10.9. The Bertz CT molecular complexity index is 523. The lowest BCUT2D eigenvalue weighted by atomic mass is 10.0. The van der Waals surface area contributed by atoms with Gasteiger partial charge >= 0.3 is 0 Å². The van der Waals surface area contributed by atoms with Crippen molar-refractivity contribution in [3.8, 4) is 0 Å². The van der Waals surface area contributed by atoms with Crippen LogP contribution in [0.1, 0.15) is 38.9 Å². The molecule has 2 rings (SSSR count). The van der Waals surface area contributed by atoms with Gasteiger partial charge in [-0.2, -0.15) is 0 Å². The Balaban J connectivity index is 0.000000771. The summed E-state index contributed by atoms with van der Waals surface area (Å²) in [6.07, 6.45) is 1.17. The van der Waals surface area contributed by atoms with Gasteiger partial charge in [-0.25, -0.2) is 0 Å². The summed E-state index contributed by atoms with van der Waals surface area (Å²) in [6, 6.07) is 9.32. The Hall–Kier alpha value is -1.74. The predicted octanol–water partition coefficient (Wildman–Crippen LogP) is 3.27. The van der Waals surface area contributed by atoms with Crippen LogP contribution in [0.15, 0.2) is 36.5 Å². The van der Waals surface area contributed by atoms with Crippen LogP contribution in [0, 0.1) is 0 Å². The standard InChI is InChI=1S/C13H13NO2.C2H6/c1-9(15)7-13(16)11-4-5-12-10(8-11)3-2-6-14-12;1-2/h2-6,8,13,16H,7H2,1H3;1-2H3/t13-;/m0./s1. The molecule has 1 N–H and O–H groups in total. The number of carbonyl (C=O) groups is 1. The summed E-state index contributed by atoms with van der Waals surface area (Å²) in [5.41, 5.74) is 1.65. The Kier molecular flexibility index (Phi) is 5.46. The molecule has 0 aliphatic carbocycles. The highest BCUT2D eigenvalue weighted by molar-refractivity contribution is 5.80. The molecular formula is C15H19NO2. The highest BCUT2D eigenvalue weighted by atomic mass is 16.3. The molecule has 0 bridgehead atoms. The van der Waals surface area contributed by atoms with Gasteiger partial charge in [0, 0.05) is 18.0 Å². The van der Waals surface area contributed by atoms with Gasteiger partial charge in [-0.1, -0.05) is 26.0 Å². The van der Waals surface area contributed by atoms with Gasteiger partial charge in [0.05, 0.1) is 11.6 Å². The molecule has 3 heteroatoms. The molecule has 0 unspecified atom stereocenters. The first-order valence-corrected chi connectivity index (χ1v) is 6.19. The summed E-state index contributed by atoms with van der Waals surface area (Å²) in [6.45, 7) is 5.48. The lowest BCUT2D eigenvalue weighted by Gasteiger charge is -2.09. The van der Waals surface area contributed by atoms with Crippen LogP contribution in [0.5, 0.6) is 0 Å². The SMILES string of the molecule is CC.CC(=O)C[C@H](O)c1ccc2ncccc2c1. The lowest BCUT2D eigenvalue weighted by molar-refractivity contribution is -0.118. The number of nitrogens with zero attached hydrogens (tertiary/aromatic N) is 1. The second-order valence-corrected chi connectivity index (χ2v) is 3.88. The minimum atomic E-state index is -0.720. The molecule has 3 nitrogen and oxygen atoms in total. The maximum absolute atomic E-state index is 10.9. The molecule has 0 aliphatic rings. The second kappa shape index (κ2) is 6.87. The fourth-order valence-electron chi connectivity index (χ4n) is 1.69. The minimum absolute atomic E-state index is 0.0150. The van der Waals surface area contributed by atoms with Gasteiger partial charge in [-0.3, -0.25) is 9.78 Å². The number of aliphatic hydroxyl groups is 1. The van der Waals surface area contributed by atoms with E-state index in [4.69, 9.17) is 0 Å². The van der Waals surface area contributed by atoms with Crippen molar-refractivity contribution in [1.82, 2.24) is 4.98 Å². The van der Waals surface area contributed by atoms with Gasteiger partial charge in [0.25, 0.3) is 0 Å². The molecule has 1 aromatic heterocycles. The van der Waals surface area contributed by atoms with Gasteiger partial charge in [0.1, 0.15) is 5.78 Å². The first-order valence-electron chi connectivity index (χ1n) is 6.19. The molecule has 1 heterocycles. The number of benzene rings is 1. The number of carbonyl (C=O) groups excluding carboxylic acids is 1. The normalized spacial score (nSPS) is 11.6. The predicted molar refractivity (Wildman–Crippen MR) is 73.3 cm³/mol. The van der Waals surface area contributed by atoms with Crippen LogP contribution >= 0.6 is 0 Å². The largest absolute Gasteiger partial charge is 0.388 e. The van der Waals surface area contributed by atoms with Crippen LogP contribution in [-0.2, 0) is 4.79 Å². The first kappa shape index (κ1) is 14.3. The van der Waals surface area contributed by atoms with E-state index in [1.54, 1.807) is 6.20 Å². The van der Waals surface area contributed by atoms with E-state index >= 15 is 0 Å². The van der Waals surface area contributed by atoms with E-state index < -0.39 is 6.10 Å². The van der Waals surface area contributed by atoms with Crippen molar-refractivity contribution in [1.29, 1.82) is 0 Å². The van der Waals surface area contributed by atoms with Crippen LogP contribution in [-0.4, -0.2) is 15.9 Å². The molecule has 0 saturated heterocycles. The fourth-order valence-corrected chi connectivity index (χ4v) is 1.69. The van der Waals surface area contributed by atoms with Crippen molar-refractivity contribution < 1.29 is 9.90 Å². The highest BCUT2D eigenvalue weighted by Gasteiger charge is 2.10. The smallest absolute Gasteiger partial charge is 0.132 e. The Morgan fingerprint density at radius 2 is 2.06 bits per heavy atom. The van der Waals surface area contributed by atoms with Crippen molar-refractivity contribution in [3.05, 3.63) is 42.1 Å². The van der Waals surface area contributed by atoms with Crippen molar-refractivity contribution >= 4 is 16.7 Å². The number of hydrogen-bond donors (Lipinski definition) is 1. The van der Waals surface area contributed by atoms with Crippen LogP contribution in [0.4, 0.5) is 0 Å². The number of aromatic nitrogens is 1. The molecule has 0 amide bonds. The number of hydrogen-bond acceptors (Lipinski definition) is 3. The molecule has 0 spiro atoms. The number of aliphatic hydroxyl groups excluding tert-OH is 1. The maximum Gasteiger partial charge on any atom is 0.132 e. The highest BCUT2D eigenvalue weighted by Crippen LogP contribution is 2.21. The zero-order valence-corrected chi connectivity index (χ0v) is 11.1. The van der Waals surface area contributed by atoms with Crippen LogP contribution in [0.3, 0.4) is 0 Å². The average molecular weight is 245 g/mol. The molecule has 1 aromatic carbocycles. The third-order valence-corrected chi connectivity index (χ3v) is 2.49. The number of rotatable bonds is 3. The topological polar surface area (TPSA) is 50.2 Å². The van der Waals surface area contributed by atoms with Crippen molar-refractivity contribution in [2.24, 2.45) is 0 Å². The Morgan fingerprint density at radius 3 is 2.72 bits per heavy atom. The van der Waals surface area contributed by atoms with E-state index in [1.807, 2.05) is 44.2 Å². The summed E-state index contributed by atoms with van der Waals surface area (Å²) in [5, 5.41) is 10.8. The van der Waals surface area contributed by atoms with Crippen molar-refractivity contribution in [2.45, 2.75) is 33.3 Å². The first-order chi connectivity index (χ1) is 8.66. The van der Waals surface area contributed by atoms with E-state index in [0.717, 1.165) is 16.5 Å². The Labute approximate surface area is 107 Å². The molecule has 2 aromatic rings. The number of Topliss-reactive ketones (excluding diaryl/α,β-unsaturated/α-hetero) is 1. The van der Waals surface area contributed by atoms with Crippen LogP contribution < -0.4 is 0 Å². The van der Waals surface area contributed by atoms with Crippen molar-refractivity contribution in [2.75, 3.05) is 0 Å². The summed E-state index contributed by atoms with van der Waals surface area (Å²) in [4.78, 5) is 15.1. The zero-order chi connectivity index (χ0) is 13.5. The van der Waals surface area contributed by atoms with Gasteiger partial charge in [-0.15, -0.1) is 0 Å². The van der Waals surface area contributed by atoms with E-state index in [0.29, 0.717) is 0 Å². The number of pyridine rings is 1. The monoisotopic (exact) mass is 245 g/mol. The lowest BCUT2D eigenvalue weighted by Crippen LogP contribution is -2.03. The molecule has 0 saturated carbocycles. The van der Waals surface area contributed by atoms with Crippen molar-refractivity contribution in [3.63, 3.8) is 0 Å². The van der Waals surface area contributed by atoms with Crippen LogP contribution in [0.25, 0.3) is 10.9 Å². The molecule has 0 fully saturated rings. The van der Waals surface area contributed by atoms with Crippen LogP contribution in [0.2, 0.25) is 0 Å². The third kappa shape index (κ3) is 3.64.